The minimum absolute atomic E-state index is 0.372. The van der Waals surface area contributed by atoms with E-state index in [1.807, 2.05) is 6.07 Å². The molecule has 2 N–H and O–H groups in total. The molecule has 1 fully saturated rings. The molecule has 1 aliphatic heterocycles. The van der Waals surface area contributed by atoms with Crippen LogP contribution in [0.3, 0.4) is 0 Å². The number of hydrogen-bond donors (Lipinski definition) is 1. The largest absolute Gasteiger partial charge is 0.493 e. The first-order chi connectivity index (χ1) is 9.50. The van der Waals surface area contributed by atoms with Crippen LogP contribution >= 0.6 is 11.8 Å². The first-order valence-electron chi connectivity index (χ1n) is 7.42. The fourth-order valence-electron chi connectivity index (χ4n) is 2.37. The van der Waals surface area contributed by atoms with Gasteiger partial charge in [0.05, 0.1) is 6.61 Å². The van der Waals surface area contributed by atoms with Crippen molar-refractivity contribution in [3.8, 4) is 5.75 Å². The molecule has 20 heavy (non-hydrogen) atoms. The number of anilines is 2. The smallest absolute Gasteiger partial charge is 0.123 e. The fourth-order valence-corrected chi connectivity index (χ4v) is 3.47. The summed E-state index contributed by atoms with van der Waals surface area (Å²) in [5.41, 5.74) is 7.99. The van der Waals surface area contributed by atoms with E-state index in [1.54, 1.807) is 0 Å². The Morgan fingerprint density at radius 1 is 1.30 bits per heavy atom. The second-order valence-electron chi connectivity index (χ2n) is 5.95. The maximum absolute atomic E-state index is 6.02. The molecule has 0 spiro atoms. The van der Waals surface area contributed by atoms with E-state index in [4.69, 9.17) is 10.5 Å². The van der Waals surface area contributed by atoms with Gasteiger partial charge in [-0.1, -0.05) is 20.8 Å². The molecule has 3 nitrogen and oxygen atoms in total. The van der Waals surface area contributed by atoms with Crippen molar-refractivity contribution in [3.63, 3.8) is 0 Å². The molecule has 0 bridgehead atoms. The fraction of sp³-hybridized carbons (Fsp3) is 0.625. The van der Waals surface area contributed by atoms with Crippen LogP contribution in [-0.2, 0) is 0 Å². The zero-order valence-corrected chi connectivity index (χ0v) is 13.6. The summed E-state index contributed by atoms with van der Waals surface area (Å²) in [5, 5.41) is 0. The van der Waals surface area contributed by atoms with Crippen LogP contribution < -0.4 is 15.4 Å². The predicted molar refractivity (Wildman–Crippen MR) is 90.0 cm³/mol. The number of benzene rings is 1. The Bertz CT molecular complexity index is 448. The van der Waals surface area contributed by atoms with Crippen LogP contribution in [0.4, 0.5) is 11.4 Å². The average molecular weight is 294 g/mol. The third-order valence-corrected chi connectivity index (χ3v) is 4.96. The molecule has 0 radical (unpaired) electrons. The van der Waals surface area contributed by atoms with E-state index in [1.165, 1.54) is 12.1 Å². The van der Waals surface area contributed by atoms with E-state index >= 15 is 0 Å². The highest BCUT2D eigenvalue weighted by Crippen LogP contribution is 2.33. The van der Waals surface area contributed by atoms with Gasteiger partial charge in [-0.2, -0.15) is 11.8 Å². The zero-order chi connectivity index (χ0) is 14.6. The van der Waals surface area contributed by atoms with Gasteiger partial charge in [0.25, 0.3) is 0 Å². The summed E-state index contributed by atoms with van der Waals surface area (Å²) in [6, 6.07) is 6.09. The lowest BCUT2D eigenvalue weighted by Crippen LogP contribution is -2.27. The van der Waals surface area contributed by atoms with Gasteiger partial charge in [-0.15, -0.1) is 0 Å². The maximum Gasteiger partial charge on any atom is 0.123 e. The minimum Gasteiger partial charge on any atom is -0.493 e. The molecule has 0 saturated carbocycles. The lowest BCUT2D eigenvalue weighted by atomic mass is 10.1. The summed E-state index contributed by atoms with van der Waals surface area (Å²) >= 11 is 2.06. The van der Waals surface area contributed by atoms with Gasteiger partial charge in [-0.25, -0.2) is 0 Å². The Balaban J connectivity index is 2.13. The van der Waals surface area contributed by atoms with Gasteiger partial charge in [0.1, 0.15) is 5.75 Å². The highest BCUT2D eigenvalue weighted by atomic mass is 32.2. The molecule has 0 aliphatic carbocycles. The number of nitrogen functional groups attached to an aromatic ring is 1. The molecule has 1 aromatic carbocycles. The molecule has 0 aromatic heterocycles. The predicted octanol–water partition coefficient (Wildman–Crippen LogP) is 3.78. The van der Waals surface area contributed by atoms with Gasteiger partial charge in [0.2, 0.25) is 0 Å². The van der Waals surface area contributed by atoms with Crippen LogP contribution in [0.1, 0.15) is 33.6 Å². The van der Waals surface area contributed by atoms with E-state index < -0.39 is 0 Å². The molecule has 0 amide bonds. The molecule has 1 heterocycles. The highest BCUT2D eigenvalue weighted by molar-refractivity contribution is 8.00. The minimum atomic E-state index is 0.372. The number of rotatable bonds is 4. The first kappa shape index (κ1) is 15.4. The van der Waals surface area contributed by atoms with E-state index in [-0.39, 0.29) is 0 Å². The van der Waals surface area contributed by atoms with Gasteiger partial charge in [-0.05, 0) is 18.9 Å². The lowest BCUT2D eigenvalue weighted by Gasteiger charge is -2.25. The van der Waals surface area contributed by atoms with Crippen LogP contribution in [0, 0.1) is 0 Å². The van der Waals surface area contributed by atoms with Crippen molar-refractivity contribution < 1.29 is 4.74 Å². The average Bonchev–Trinajstić information content (AvgIpc) is 2.57. The van der Waals surface area contributed by atoms with Crippen molar-refractivity contribution in [2.45, 2.75) is 38.4 Å². The Kier molecular flexibility index (Phi) is 5.08. The summed E-state index contributed by atoms with van der Waals surface area (Å²) in [6.45, 7) is 9.67. The van der Waals surface area contributed by atoms with Crippen LogP contribution in [0.2, 0.25) is 0 Å². The summed E-state index contributed by atoms with van der Waals surface area (Å²) in [5.74, 6) is 2.05. The Morgan fingerprint density at radius 3 is 2.85 bits per heavy atom. The molecule has 1 aliphatic rings. The molecule has 0 atom stereocenters. The maximum atomic E-state index is 6.02. The Morgan fingerprint density at radius 2 is 2.10 bits per heavy atom. The number of hydrogen-bond acceptors (Lipinski definition) is 4. The Labute approximate surface area is 126 Å². The molecule has 112 valence electrons. The summed E-state index contributed by atoms with van der Waals surface area (Å²) in [4.78, 5) is 2.43. The van der Waals surface area contributed by atoms with E-state index in [9.17, 15) is 0 Å². The van der Waals surface area contributed by atoms with E-state index in [2.05, 4.69) is 49.6 Å². The summed E-state index contributed by atoms with van der Waals surface area (Å²) in [7, 11) is 0. The third kappa shape index (κ3) is 4.23. The quantitative estimate of drug-likeness (QED) is 0.858. The van der Waals surface area contributed by atoms with Crippen LogP contribution in [0.15, 0.2) is 18.2 Å². The van der Waals surface area contributed by atoms with Crippen LogP contribution in [0.25, 0.3) is 0 Å². The van der Waals surface area contributed by atoms with Gasteiger partial charge < -0.3 is 15.4 Å². The SMILES string of the molecule is CCCOc1cc(N)cc(N2CCSC(C)(C)CC2)c1. The molecule has 0 unspecified atom stereocenters. The van der Waals surface area contributed by atoms with Gasteiger partial charge in [-0.3, -0.25) is 0 Å². The standard InChI is InChI=1S/C16H26N2OS/c1-4-8-19-15-11-13(17)10-14(12-15)18-6-5-16(2,3)20-9-7-18/h10-12H,4-9,17H2,1-3H3. The summed E-state index contributed by atoms with van der Waals surface area (Å²) in [6.07, 6.45) is 2.20. The first-order valence-corrected chi connectivity index (χ1v) is 8.41. The Hall–Kier alpha value is -1.03. The van der Waals surface area contributed by atoms with Crippen molar-refractivity contribution >= 4 is 23.1 Å². The molecule has 1 aromatic rings. The second-order valence-corrected chi connectivity index (χ2v) is 7.76. The summed E-state index contributed by atoms with van der Waals surface area (Å²) < 4.78 is 6.10. The zero-order valence-electron chi connectivity index (χ0n) is 12.8. The topological polar surface area (TPSA) is 38.5 Å². The van der Waals surface area contributed by atoms with E-state index in [0.717, 1.165) is 43.3 Å². The number of nitrogens with two attached hydrogens (primary N) is 1. The molecular formula is C16H26N2OS. The van der Waals surface area contributed by atoms with Gasteiger partial charge >= 0.3 is 0 Å². The second kappa shape index (κ2) is 6.61. The van der Waals surface area contributed by atoms with Crippen molar-refractivity contribution in [3.05, 3.63) is 18.2 Å². The van der Waals surface area contributed by atoms with Crippen molar-refractivity contribution in [2.75, 3.05) is 36.1 Å². The third-order valence-electron chi connectivity index (χ3n) is 3.59. The number of ether oxygens (including phenoxy) is 1. The van der Waals surface area contributed by atoms with Gasteiger partial charge in [0.15, 0.2) is 0 Å². The lowest BCUT2D eigenvalue weighted by molar-refractivity contribution is 0.317. The van der Waals surface area contributed by atoms with Crippen molar-refractivity contribution in [2.24, 2.45) is 0 Å². The molecular weight excluding hydrogens is 268 g/mol. The van der Waals surface area contributed by atoms with Crippen LogP contribution in [0.5, 0.6) is 5.75 Å². The molecule has 1 saturated heterocycles. The highest BCUT2D eigenvalue weighted by Gasteiger charge is 2.24. The van der Waals surface area contributed by atoms with E-state index in [0.29, 0.717) is 4.75 Å². The number of nitrogens with zero attached hydrogens (tertiary/aromatic N) is 1. The monoisotopic (exact) mass is 294 g/mol. The van der Waals surface area contributed by atoms with Gasteiger partial charge in [0, 0.05) is 47.1 Å². The van der Waals surface area contributed by atoms with Crippen molar-refractivity contribution in [1.29, 1.82) is 0 Å². The normalized spacial score (nSPS) is 18.6. The molecule has 4 heteroatoms. The van der Waals surface area contributed by atoms with Crippen molar-refractivity contribution in [1.82, 2.24) is 0 Å². The molecule has 2 rings (SSSR count). The number of thioether (sulfide) groups is 1. The van der Waals surface area contributed by atoms with Crippen LogP contribution in [-0.4, -0.2) is 30.2 Å².